The second kappa shape index (κ2) is 8.20. The van der Waals surface area contributed by atoms with Gasteiger partial charge in [-0.25, -0.2) is 4.39 Å². The van der Waals surface area contributed by atoms with Crippen LogP contribution in [0, 0.1) is 34.5 Å². The molecule has 4 fully saturated rings. The fourth-order valence-electron chi connectivity index (χ4n) is 8.70. The Balaban J connectivity index is 1.37. The summed E-state index contributed by atoms with van der Waals surface area (Å²) in [5, 5.41) is 2.61. The molecule has 8 heteroatoms. The van der Waals surface area contributed by atoms with E-state index in [4.69, 9.17) is 0 Å². The van der Waals surface area contributed by atoms with Crippen LogP contribution in [0.1, 0.15) is 64.4 Å². The zero-order chi connectivity index (χ0) is 25.3. The van der Waals surface area contributed by atoms with Crippen molar-refractivity contribution in [3.05, 3.63) is 29.8 Å². The fraction of sp³-hybridized carbons (Fsp3) is 0.704. The predicted octanol–water partition coefficient (Wildman–Crippen LogP) is 6.07. The molecule has 0 aromatic heterocycles. The molecule has 1 aliphatic heterocycles. The van der Waals surface area contributed by atoms with Crippen LogP contribution in [0.4, 0.5) is 23.2 Å². The van der Waals surface area contributed by atoms with Gasteiger partial charge in [0.1, 0.15) is 0 Å². The van der Waals surface area contributed by atoms with Gasteiger partial charge in [-0.15, -0.1) is 0 Å². The average molecular weight is 495 g/mol. The molecule has 35 heavy (non-hydrogen) atoms. The smallest absolute Gasteiger partial charge is 0.340 e. The number of hydrogen-bond acceptors (Lipinski definition) is 2. The number of carbonyl (C=O) groups excluding carboxylic acids is 2. The lowest BCUT2D eigenvalue weighted by Gasteiger charge is -2.62. The van der Waals surface area contributed by atoms with Gasteiger partial charge in [-0.3, -0.25) is 9.59 Å². The molecular formula is C27H34F4N2O2. The van der Waals surface area contributed by atoms with Gasteiger partial charge in [-0.2, -0.15) is 13.2 Å². The number of nitrogens with zero attached hydrogens (tertiary/aromatic N) is 1. The maximum atomic E-state index is 14.7. The second-order valence-electron chi connectivity index (χ2n) is 11.8. The number of likely N-dealkylation sites (tertiary alicyclic amines) is 1. The minimum atomic E-state index is -4.54. The van der Waals surface area contributed by atoms with Crippen molar-refractivity contribution in [1.82, 2.24) is 4.90 Å². The Bertz CT molecular complexity index is 1030. The van der Waals surface area contributed by atoms with Gasteiger partial charge in [0, 0.05) is 19.0 Å². The van der Waals surface area contributed by atoms with Crippen molar-refractivity contribution in [2.75, 3.05) is 12.4 Å². The molecule has 1 aromatic carbocycles. The van der Waals surface area contributed by atoms with E-state index in [1.165, 1.54) is 18.2 Å². The Labute approximate surface area is 203 Å². The molecule has 3 unspecified atom stereocenters. The largest absolute Gasteiger partial charge is 0.418 e. The number of halogens is 4. The van der Waals surface area contributed by atoms with Crippen LogP contribution in [0.15, 0.2) is 24.3 Å². The summed E-state index contributed by atoms with van der Waals surface area (Å²) in [6.07, 6.45) is -0.856. The van der Waals surface area contributed by atoms with Crippen LogP contribution >= 0.6 is 0 Å². The number of benzene rings is 1. The molecule has 1 saturated heterocycles. The number of rotatable bonds is 2. The van der Waals surface area contributed by atoms with Crippen molar-refractivity contribution in [2.45, 2.75) is 77.2 Å². The maximum Gasteiger partial charge on any atom is 0.418 e. The number of hydrogen-bond donors (Lipinski definition) is 1. The molecule has 3 aliphatic carbocycles. The summed E-state index contributed by atoms with van der Waals surface area (Å²) < 4.78 is 55.1. The molecular weight excluding hydrogens is 460 g/mol. The molecule has 4 aliphatic rings. The van der Waals surface area contributed by atoms with E-state index in [0.29, 0.717) is 12.3 Å². The Morgan fingerprint density at radius 2 is 1.71 bits per heavy atom. The first-order chi connectivity index (χ1) is 16.4. The summed E-state index contributed by atoms with van der Waals surface area (Å²) in [5.74, 6) is -0.219. The summed E-state index contributed by atoms with van der Waals surface area (Å²) in [5.41, 5.74) is -1.62. The fourth-order valence-corrected chi connectivity index (χ4v) is 8.70. The minimum absolute atomic E-state index is 0.0342. The SMILES string of the molecule is CN1C(=O)C(F)C[C@@]2(C)C1CC[C@@H]1[C@H]2CC[C@]2(C)C(C(=O)Nc3ccccc3C(F)(F)F)CC[C@@H]12. The third-order valence-electron chi connectivity index (χ3n) is 10.3. The van der Waals surface area contributed by atoms with E-state index in [9.17, 15) is 27.2 Å². The Hall–Kier alpha value is -2.12. The van der Waals surface area contributed by atoms with Crippen LogP contribution in [-0.4, -0.2) is 36.0 Å². The molecule has 1 aromatic rings. The lowest BCUT2D eigenvalue weighted by atomic mass is 9.46. The first-order valence-corrected chi connectivity index (χ1v) is 12.8. The van der Waals surface area contributed by atoms with Crippen LogP contribution in [0.5, 0.6) is 0 Å². The van der Waals surface area contributed by atoms with E-state index in [0.717, 1.165) is 38.2 Å². The topological polar surface area (TPSA) is 49.4 Å². The highest BCUT2D eigenvalue weighted by Gasteiger charge is 2.63. The molecule has 192 valence electrons. The van der Waals surface area contributed by atoms with Gasteiger partial charge < -0.3 is 10.2 Å². The van der Waals surface area contributed by atoms with Gasteiger partial charge in [-0.1, -0.05) is 26.0 Å². The van der Waals surface area contributed by atoms with E-state index in [-0.39, 0.29) is 52.6 Å². The first kappa shape index (κ1) is 24.6. The number of amides is 2. The zero-order valence-electron chi connectivity index (χ0n) is 20.5. The highest BCUT2D eigenvalue weighted by Crippen LogP contribution is 2.66. The lowest BCUT2D eigenvalue weighted by molar-refractivity contribution is -0.169. The van der Waals surface area contributed by atoms with Crippen molar-refractivity contribution in [3.8, 4) is 0 Å². The highest BCUT2D eigenvalue weighted by atomic mass is 19.4. The van der Waals surface area contributed by atoms with Gasteiger partial charge in [0.25, 0.3) is 5.91 Å². The number of piperidine rings is 1. The number of nitrogens with one attached hydrogen (secondary N) is 1. The van der Waals surface area contributed by atoms with Gasteiger partial charge in [0.2, 0.25) is 5.91 Å². The summed E-state index contributed by atoms with van der Waals surface area (Å²) in [6.45, 7) is 4.27. The predicted molar refractivity (Wildman–Crippen MR) is 124 cm³/mol. The summed E-state index contributed by atoms with van der Waals surface area (Å²) >= 11 is 0. The van der Waals surface area contributed by atoms with Crippen LogP contribution < -0.4 is 5.32 Å². The van der Waals surface area contributed by atoms with Crippen molar-refractivity contribution in [3.63, 3.8) is 0 Å². The molecule has 2 amide bonds. The number of para-hydroxylation sites is 1. The van der Waals surface area contributed by atoms with Gasteiger partial charge in [-0.05, 0) is 85.7 Å². The van der Waals surface area contributed by atoms with Gasteiger partial charge >= 0.3 is 6.18 Å². The van der Waals surface area contributed by atoms with E-state index in [2.05, 4.69) is 19.2 Å². The second-order valence-corrected chi connectivity index (χ2v) is 11.8. The van der Waals surface area contributed by atoms with Crippen LogP contribution in [0.3, 0.4) is 0 Å². The average Bonchev–Trinajstić information content (AvgIpc) is 3.14. The number of carbonyl (C=O) groups is 2. The minimum Gasteiger partial charge on any atom is -0.340 e. The van der Waals surface area contributed by atoms with Crippen LogP contribution in [0.2, 0.25) is 0 Å². The molecule has 8 atom stereocenters. The van der Waals surface area contributed by atoms with Crippen LogP contribution in [-0.2, 0) is 15.8 Å². The number of anilines is 1. The number of fused-ring (bicyclic) bond motifs is 5. The van der Waals surface area contributed by atoms with Gasteiger partial charge in [0.05, 0.1) is 11.3 Å². The first-order valence-electron chi connectivity index (χ1n) is 12.8. The lowest BCUT2D eigenvalue weighted by Crippen LogP contribution is -2.64. The zero-order valence-corrected chi connectivity index (χ0v) is 20.5. The third kappa shape index (κ3) is 3.69. The highest BCUT2D eigenvalue weighted by molar-refractivity contribution is 5.94. The third-order valence-corrected chi connectivity index (χ3v) is 10.3. The van der Waals surface area contributed by atoms with E-state index in [1.807, 2.05) is 0 Å². The molecule has 5 rings (SSSR count). The molecule has 0 spiro atoms. The van der Waals surface area contributed by atoms with Crippen LogP contribution in [0.25, 0.3) is 0 Å². The van der Waals surface area contributed by atoms with E-state index >= 15 is 0 Å². The van der Waals surface area contributed by atoms with Gasteiger partial charge in [0.15, 0.2) is 6.17 Å². The maximum absolute atomic E-state index is 14.7. The molecule has 0 radical (unpaired) electrons. The monoisotopic (exact) mass is 494 g/mol. The molecule has 4 nitrogen and oxygen atoms in total. The summed E-state index contributed by atoms with van der Waals surface area (Å²) in [4.78, 5) is 27.3. The Morgan fingerprint density at radius 3 is 2.43 bits per heavy atom. The van der Waals surface area contributed by atoms with E-state index in [1.54, 1.807) is 11.9 Å². The quantitative estimate of drug-likeness (QED) is 0.507. The Kier molecular flexibility index (Phi) is 5.76. The van der Waals surface area contributed by atoms with Crippen molar-refractivity contribution in [2.24, 2.45) is 34.5 Å². The van der Waals surface area contributed by atoms with E-state index < -0.39 is 23.8 Å². The van der Waals surface area contributed by atoms with Crippen molar-refractivity contribution >= 4 is 17.5 Å². The van der Waals surface area contributed by atoms with Crippen molar-refractivity contribution in [1.29, 1.82) is 0 Å². The number of alkyl halides is 4. The summed E-state index contributed by atoms with van der Waals surface area (Å²) in [6, 6.07) is 5.15. The standard InChI is InChI=1S/C27H34F4N2O2/c1-25-13-12-17-15(8-11-22-26(17,2)14-20(28)24(35)33(22)3)16(25)9-10-19(25)23(34)32-21-7-5-4-6-18(21)27(29,30)31/h4-7,15-17,19-20,22H,8-14H2,1-3H3,(H,32,34)/t15-,16-,17+,19?,20?,22?,25-,26+/m0/s1. The Morgan fingerprint density at radius 1 is 1.03 bits per heavy atom. The molecule has 1 heterocycles. The summed E-state index contributed by atoms with van der Waals surface area (Å²) in [7, 11) is 1.72. The molecule has 0 bridgehead atoms. The molecule has 3 saturated carbocycles. The normalized spacial score (nSPS) is 41.1. The van der Waals surface area contributed by atoms with Crippen molar-refractivity contribution < 1.29 is 27.2 Å². The molecule has 1 N–H and O–H groups in total.